The van der Waals surface area contributed by atoms with Crippen molar-refractivity contribution in [1.29, 1.82) is 0 Å². The van der Waals surface area contributed by atoms with E-state index in [0.717, 1.165) is 47.1 Å². The number of thiophene rings is 1. The molecule has 0 bridgehead atoms. The van der Waals surface area contributed by atoms with Gasteiger partial charge in [0.2, 0.25) is 5.16 Å². The molecule has 0 aliphatic carbocycles. The third kappa shape index (κ3) is 3.00. The van der Waals surface area contributed by atoms with Gasteiger partial charge in [0.25, 0.3) is 0 Å². The predicted octanol–water partition coefficient (Wildman–Crippen LogP) is 2.22. The molecule has 0 radical (unpaired) electrons. The van der Waals surface area contributed by atoms with E-state index in [1.807, 2.05) is 0 Å². The van der Waals surface area contributed by atoms with Crippen LogP contribution >= 0.6 is 11.3 Å². The number of hydrogen-bond acceptors (Lipinski definition) is 7. The first-order chi connectivity index (χ1) is 12.0. The molecule has 9 heteroatoms. The van der Waals surface area contributed by atoms with Crippen LogP contribution in [0.25, 0.3) is 16.0 Å². The van der Waals surface area contributed by atoms with Crippen molar-refractivity contribution in [3.8, 4) is 5.82 Å². The highest BCUT2D eigenvalue weighted by molar-refractivity contribution is 7.84. The van der Waals surface area contributed by atoms with Crippen LogP contribution < -0.4 is 0 Å². The Morgan fingerprint density at radius 2 is 2.00 bits per heavy atom. The Bertz CT molecular complexity index is 957. The van der Waals surface area contributed by atoms with Crippen molar-refractivity contribution in [3.63, 3.8) is 0 Å². The average molecular weight is 377 g/mol. The number of hydrogen-bond donors (Lipinski definition) is 0. The molecular formula is C16H20N6OS2. The number of rotatable bonds is 4. The van der Waals surface area contributed by atoms with Gasteiger partial charge in [0.15, 0.2) is 5.82 Å². The Kier molecular flexibility index (Phi) is 4.38. The van der Waals surface area contributed by atoms with Gasteiger partial charge in [-0.3, -0.25) is 13.7 Å². The lowest BCUT2D eigenvalue weighted by Crippen LogP contribution is -2.20. The van der Waals surface area contributed by atoms with Crippen molar-refractivity contribution in [3.05, 3.63) is 22.6 Å². The van der Waals surface area contributed by atoms with Gasteiger partial charge in [-0.05, 0) is 45.3 Å². The van der Waals surface area contributed by atoms with Crippen molar-refractivity contribution < 1.29 is 4.21 Å². The SMILES string of the molecule is Cc1sc2nc(CN3CCCC3)nc(-n3cnnc3S(C)=O)c2c1C. The summed E-state index contributed by atoms with van der Waals surface area (Å²) in [4.78, 5) is 14.2. The van der Waals surface area contributed by atoms with Gasteiger partial charge in [0, 0.05) is 11.1 Å². The normalized spacial score (nSPS) is 16.8. The predicted molar refractivity (Wildman–Crippen MR) is 98.6 cm³/mol. The third-order valence-corrected chi connectivity index (χ3v) is 6.52. The highest BCUT2D eigenvalue weighted by atomic mass is 32.2. The fraction of sp³-hybridized carbons (Fsp3) is 0.500. The molecule has 0 spiro atoms. The summed E-state index contributed by atoms with van der Waals surface area (Å²) in [5.74, 6) is 1.53. The maximum atomic E-state index is 12.0. The molecule has 7 nitrogen and oxygen atoms in total. The van der Waals surface area contributed by atoms with E-state index in [1.54, 1.807) is 28.5 Å². The fourth-order valence-electron chi connectivity index (χ4n) is 3.22. The largest absolute Gasteiger partial charge is 0.296 e. The Labute approximate surface area is 152 Å². The van der Waals surface area contributed by atoms with Gasteiger partial charge in [-0.2, -0.15) is 0 Å². The zero-order chi connectivity index (χ0) is 17.6. The molecule has 3 aromatic rings. The molecule has 1 fully saturated rings. The zero-order valence-electron chi connectivity index (χ0n) is 14.5. The van der Waals surface area contributed by atoms with E-state index in [1.165, 1.54) is 17.7 Å². The average Bonchev–Trinajstić information content (AvgIpc) is 3.29. The van der Waals surface area contributed by atoms with Gasteiger partial charge >= 0.3 is 0 Å². The van der Waals surface area contributed by atoms with E-state index in [4.69, 9.17) is 9.97 Å². The van der Waals surface area contributed by atoms with Gasteiger partial charge in [-0.25, -0.2) is 9.97 Å². The molecule has 3 aromatic heterocycles. The quantitative estimate of drug-likeness (QED) is 0.695. The van der Waals surface area contributed by atoms with Gasteiger partial charge < -0.3 is 0 Å². The molecule has 0 aromatic carbocycles. The first-order valence-electron chi connectivity index (χ1n) is 8.27. The summed E-state index contributed by atoms with van der Waals surface area (Å²) in [6.07, 6.45) is 5.66. The molecular weight excluding hydrogens is 356 g/mol. The Morgan fingerprint density at radius 1 is 1.24 bits per heavy atom. The number of likely N-dealkylation sites (tertiary alicyclic amines) is 1. The first kappa shape index (κ1) is 16.7. The van der Waals surface area contributed by atoms with Crippen molar-refractivity contribution in [2.45, 2.75) is 38.4 Å². The highest BCUT2D eigenvalue weighted by Crippen LogP contribution is 2.33. The summed E-state index contributed by atoms with van der Waals surface area (Å²) in [6.45, 7) is 7.10. The Morgan fingerprint density at radius 3 is 2.72 bits per heavy atom. The van der Waals surface area contributed by atoms with Crippen LogP contribution in [0, 0.1) is 13.8 Å². The molecule has 1 atom stereocenters. The lowest BCUT2D eigenvalue weighted by molar-refractivity contribution is 0.323. The van der Waals surface area contributed by atoms with Crippen LogP contribution in [0.3, 0.4) is 0 Å². The topological polar surface area (TPSA) is 76.8 Å². The summed E-state index contributed by atoms with van der Waals surface area (Å²) >= 11 is 1.68. The Balaban J connectivity index is 1.90. The second-order valence-corrected chi connectivity index (χ2v) is 8.82. The number of nitrogens with zero attached hydrogens (tertiary/aromatic N) is 6. The van der Waals surface area contributed by atoms with E-state index in [9.17, 15) is 4.21 Å². The molecule has 1 saturated heterocycles. The summed E-state index contributed by atoms with van der Waals surface area (Å²) in [5, 5.41) is 9.37. The molecule has 1 aliphatic rings. The van der Waals surface area contributed by atoms with Crippen molar-refractivity contribution in [2.24, 2.45) is 0 Å². The molecule has 4 rings (SSSR count). The summed E-state index contributed by atoms with van der Waals surface area (Å²) in [5.41, 5.74) is 1.16. The number of aryl methyl sites for hydroxylation is 2. The van der Waals surface area contributed by atoms with Gasteiger partial charge in [0.05, 0.1) is 22.7 Å². The molecule has 132 valence electrons. The lowest BCUT2D eigenvalue weighted by Gasteiger charge is -2.14. The minimum atomic E-state index is -1.24. The van der Waals surface area contributed by atoms with Crippen molar-refractivity contribution in [2.75, 3.05) is 19.3 Å². The summed E-state index contributed by atoms with van der Waals surface area (Å²) < 4.78 is 13.8. The number of aromatic nitrogens is 5. The summed E-state index contributed by atoms with van der Waals surface area (Å²) in [7, 11) is -1.24. The van der Waals surface area contributed by atoms with E-state index < -0.39 is 10.8 Å². The summed E-state index contributed by atoms with van der Waals surface area (Å²) in [6, 6.07) is 0. The minimum Gasteiger partial charge on any atom is -0.296 e. The van der Waals surface area contributed by atoms with Gasteiger partial charge in [-0.15, -0.1) is 21.5 Å². The van der Waals surface area contributed by atoms with Crippen LogP contribution in [0.4, 0.5) is 0 Å². The van der Waals surface area contributed by atoms with Crippen molar-refractivity contribution in [1.82, 2.24) is 29.6 Å². The van der Waals surface area contributed by atoms with Crippen LogP contribution in [0.2, 0.25) is 0 Å². The monoisotopic (exact) mass is 376 g/mol. The first-order valence-corrected chi connectivity index (χ1v) is 10.6. The van der Waals surface area contributed by atoms with Gasteiger partial charge in [-0.1, -0.05) is 0 Å². The second-order valence-electron chi connectivity index (χ2n) is 6.35. The van der Waals surface area contributed by atoms with E-state index in [0.29, 0.717) is 5.16 Å². The molecule has 0 saturated carbocycles. The number of fused-ring (bicyclic) bond motifs is 1. The van der Waals surface area contributed by atoms with E-state index >= 15 is 0 Å². The minimum absolute atomic E-state index is 0.412. The van der Waals surface area contributed by atoms with Crippen molar-refractivity contribution >= 4 is 32.4 Å². The fourth-order valence-corrected chi connectivity index (χ4v) is 4.84. The molecule has 1 aliphatic heterocycles. The second kappa shape index (κ2) is 6.54. The maximum Gasteiger partial charge on any atom is 0.226 e. The Hall–Kier alpha value is -1.71. The molecule has 1 unspecified atom stereocenters. The molecule has 25 heavy (non-hydrogen) atoms. The molecule has 0 amide bonds. The van der Waals surface area contributed by atoms with Crippen LogP contribution in [-0.2, 0) is 17.3 Å². The molecule has 4 heterocycles. The van der Waals surface area contributed by atoms with Crippen LogP contribution in [0.15, 0.2) is 11.5 Å². The third-order valence-electron chi connectivity index (χ3n) is 4.62. The molecule has 0 N–H and O–H groups in total. The van der Waals surface area contributed by atoms with Crippen LogP contribution in [0.1, 0.15) is 29.1 Å². The smallest absolute Gasteiger partial charge is 0.226 e. The highest BCUT2D eigenvalue weighted by Gasteiger charge is 2.21. The zero-order valence-corrected chi connectivity index (χ0v) is 16.2. The standard InChI is InChI=1S/C16H20N6OS2/c1-10-11(2)24-15-13(10)14(22-9-17-20-16(22)25(3)23)18-12(19-15)8-21-6-4-5-7-21/h9H,4-8H2,1-3H3. The maximum absolute atomic E-state index is 12.0. The van der Waals surface area contributed by atoms with E-state index in [-0.39, 0.29) is 0 Å². The van der Waals surface area contributed by atoms with E-state index in [2.05, 4.69) is 28.9 Å². The van der Waals surface area contributed by atoms with Crippen LogP contribution in [0.5, 0.6) is 0 Å². The van der Waals surface area contributed by atoms with Crippen LogP contribution in [-0.4, -0.2) is 53.2 Å². The lowest BCUT2D eigenvalue weighted by atomic mass is 10.2. The van der Waals surface area contributed by atoms with Gasteiger partial charge in [0.1, 0.15) is 17.0 Å².